The number of aromatic nitrogens is 2. The number of carbonyl (C=O) groups is 3. The third-order valence-corrected chi connectivity index (χ3v) is 5.82. The van der Waals surface area contributed by atoms with Crippen LogP contribution in [0, 0.1) is 5.92 Å². The highest BCUT2D eigenvalue weighted by atomic mass is 19.4. The van der Waals surface area contributed by atoms with E-state index in [0.29, 0.717) is 24.3 Å². The summed E-state index contributed by atoms with van der Waals surface area (Å²) in [6, 6.07) is 9.74. The Bertz CT molecular complexity index is 1210. The van der Waals surface area contributed by atoms with Crippen molar-refractivity contribution in [3.05, 3.63) is 48.3 Å². The third kappa shape index (κ3) is 13.3. The quantitative estimate of drug-likeness (QED) is 0.374. The van der Waals surface area contributed by atoms with Crippen LogP contribution in [0.25, 0.3) is 0 Å². The van der Waals surface area contributed by atoms with Crippen LogP contribution < -0.4 is 9.47 Å². The lowest BCUT2D eigenvalue weighted by Crippen LogP contribution is -2.64. The van der Waals surface area contributed by atoms with Crippen molar-refractivity contribution in [2.24, 2.45) is 5.92 Å². The summed E-state index contributed by atoms with van der Waals surface area (Å²) < 4.78 is 113. The highest BCUT2D eigenvalue weighted by molar-refractivity contribution is 5.73. The summed E-state index contributed by atoms with van der Waals surface area (Å²) in [6.45, 7) is 4.12. The normalized spacial score (nSPS) is 17.0. The van der Waals surface area contributed by atoms with E-state index in [4.69, 9.17) is 43.9 Å². The van der Waals surface area contributed by atoms with Gasteiger partial charge in [-0.1, -0.05) is 12.1 Å². The number of nitrogens with zero attached hydrogens (tertiary/aromatic N) is 3. The van der Waals surface area contributed by atoms with Gasteiger partial charge in [0.05, 0.1) is 19.3 Å². The van der Waals surface area contributed by atoms with Gasteiger partial charge in [0.2, 0.25) is 11.8 Å². The fourth-order valence-electron chi connectivity index (χ4n) is 3.78. The molecule has 1 spiro atoms. The molecule has 4 heterocycles. The summed E-state index contributed by atoms with van der Waals surface area (Å²) in [5.74, 6) is -6.49. The van der Waals surface area contributed by atoms with E-state index >= 15 is 0 Å². The highest BCUT2D eigenvalue weighted by Crippen LogP contribution is 2.41. The second kappa shape index (κ2) is 16.8. The molecular formula is C25H26F9N3O9. The molecule has 2 saturated heterocycles. The molecule has 12 nitrogen and oxygen atoms in total. The van der Waals surface area contributed by atoms with Gasteiger partial charge in [-0.25, -0.2) is 24.4 Å². The van der Waals surface area contributed by atoms with Crippen LogP contribution in [0.3, 0.4) is 0 Å². The van der Waals surface area contributed by atoms with E-state index in [9.17, 15) is 39.5 Å². The summed E-state index contributed by atoms with van der Waals surface area (Å²) in [7, 11) is 1.66. The standard InChI is InChI=1S/C19H23N3O3.3C2HF3O2/c1-23-18-15(5-4-9-21-18)11-22-13-19(14-22)16(7-10-25-19)12-24-17-6-2-3-8-20-17;3*3-2(4,5)1(6)7/h2-6,8-9,16H,7,10-14H2,1H3;3*(H,6,7). The smallest absolute Gasteiger partial charge is 0.481 e. The number of carboxylic acids is 3. The fourth-order valence-corrected chi connectivity index (χ4v) is 3.78. The molecule has 4 rings (SSSR count). The zero-order valence-corrected chi connectivity index (χ0v) is 23.4. The fraction of sp³-hybridized carbons (Fsp3) is 0.480. The zero-order valence-electron chi connectivity index (χ0n) is 23.4. The molecule has 0 amide bonds. The average Bonchev–Trinajstić information content (AvgIpc) is 3.36. The topological polar surface area (TPSA) is 169 Å². The molecule has 46 heavy (non-hydrogen) atoms. The Morgan fingerprint density at radius 2 is 1.37 bits per heavy atom. The number of likely N-dealkylation sites (tertiary alicyclic amines) is 1. The Balaban J connectivity index is 0.000000413. The molecule has 1 atom stereocenters. The number of halogens is 9. The minimum atomic E-state index is -5.08. The van der Waals surface area contributed by atoms with E-state index in [1.54, 1.807) is 19.5 Å². The first-order valence-corrected chi connectivity index (χ1v) is 12.4. The largest absolute Gasteiger partial charge is 0.490 e. The molecule has 0 aromatic carbocycles. The minimum Gasteiger partial charge on any atom is -0.481 e. The van der Waals surface area contributed by atoms with Crippen molar-refractivity contribution in [2.45, 2.75) is 37.1 Å². The van der Waals surface area contributed by atoms with Crippen molar-refractivity contribution < 1.29 is 83.4 Å². The Labute approximate surface area is 253 Å². The van der Waals surface area contributed by atoms with Crippen molar-refractivity contribution in [2.75, 3.05) is 33.4 Å². The van der Waals surface area contributed by atoms with Crippen LogP contribution in [-0.4, -0.2) is 106 Å². The monoisotopic (exact) mass is 683 g/mol. The molecule has 2 aromatic heterocycles. The van der Waals surface area contributed by atoms with Gasteiger partial charge in [-0.05, 0) is 18.6 Å². The predicted octanol–water partition coefficient (Wildman–Crippen LogP) is 4.06. The lowest BCUT2D eigenvalue weighted by atomic mass is 9.81. The van der Waals surface area contributed by atoms with Crippen LogP contribution in [-0.2, 0) is 25.7 Å². The molecule has 0 radical (unpaired) electrons. The van der Waals surface area contributed by atoms with Crippen molar-refractivity contribution in [3.8, 4) is 11.8 Å². The number of aliphatic carboxylic acids is 3. The van der Waals surface area contributed by atoms with Crippen molar-refractivity contribution in [1.29, 1.82) is 0 Å². The first-order valence-electron chi connectivity index (χ1n) is 12.4. The molecule has 0 bridgehead atoms. The lowest BCUT2D eigenvalue weighted by Gasteiger charge is -2.50. The van der Waals surface area contributed by atoms with Crippen molar-refractivity contribution in [3.63, 3.8) is 0 Å². The summed E-state index contributed by atoms with van der Waals surface area (Å²) >= 11 is 0. The maximum absolute atomic E-state index is 10.6. The number of hydrogen-bond acceptors (Lipinski definition) is 9. The van der Waals surface area contributed by atoms with E-state index in [2.05, 4.69) is 20.9 Å². The zero-order chi connectivity index (χ0) is 35.3. The average molecular weight is 683 g/mol. The van der Waals surface area contributed by atoms with Gasteiger partial charge >= 0.3 is 36.4 Å². The Morgan fingerprint density at radius 1 is 0.870 bits per heavy atom. The first-order chi connectivity index (χ1) is 21.1. The molecular weight excluding hydrogens is 657 g/mol. The predicted molar refractivity (Wildman–Crippen MR) is 134 cm³/mol. The maximum Gasteiger partial charge on any atom is 0.490 e. The van der Waals surface area contributed by atoms with Gasteiger partial charge in [0.15, 0.2) is 0 Å². The van der Waals surface area contributed by atoms with Crippen molar-refractivity contribution in [1.82, 2.24) is 14.9 Å². The van der Waals surface area contributed by atoms with Gasteiger partial charge in [0.1, 0.15) is 0 Å². The Morgan fingerprint density at radius 3 is 1.80 bits per heavy atom. The molecule has 21 heteroatoms. The van der Waals surface area contributed by atoms with Gasteiger partial charge < -0.3 is 29.5 Å². The summed E-state index contributed by atoms with van der Waals surface area (Å²) in [5.41, 5.74) is 1.03. The van der Waals surface area contributed by atoms with Crippen molar-refractivity contribution >= 4 is 17.9 Å². The van der Waals surface area contributed by atoms with Crippen LogP contribution in [0.15, 0.2) is 42.7 Å². The SMILES string of the molecule is COc1ncccc1CN1CC2(C1)OCCC2COc1ccccn1.O=C(O)C(F)(F)F.O=C(O)C(F)(F)F.O=C(O)C(F)(F)F. The number of methoxy groups -OCH3 is 1. The van der Waals surface area contributed by atoms with Gasteiger partial charge in [-0.15, -0.1) is 0 Å². The van der Waals surface area contributed by atoms with Crippen LogP contribution in [0.1, 0.15) is 12.0 Å². The van der Waals surface area contributed by atoms with Crippen LogP contribution >= 0.6 is 0 Å². The van der Waals surface area contributed by atoms with Gasteiger partial charge in [0.25, 0.3) is 0 Å². The maximum atomic E-state index is 10.6. The number of hydrogen-bond donors (Lipinski definition) is 3. The van der Waals surface area contributed by atoms with Crippen LogP contribution in [0.5, 0.6) is 11.8 Å². The molecule has 2 fully saturated rings. The summed E-state index contributed by atoms with van der Waals surface area (Å²) in [5, 5.41) is 21.4. The van der Waals surface area contributed by atoms with E-state index in [1.807, 2.05) is 24.3 Å². The second-order valence-corrected chi connectivity index (χ2v) is 9.10. The Kier molecular flexibility index (Phi) is 14.5. The number of carboxylic acid groups (broad SMARTS) is 3. The van der Waals surface area contributed by atoms with E-state index in [1.165, 1.54) is 0 Å². The van der Waals surface area contributed by atoms with Crippen LogP contribution in [0.2, 0.25) is 0 Å². The number of alkyl halides is 9. The molecule has 3 N–H and O–H groups in total. The minimum absolute atomic E-state index is 0.0791. The molecule has 2 aliphatic heterocycles. The van der Waals surface area contributed by atoms with E-state index in [-0.39, 0.29) is 5.60 Å². The van der Waals surface area contributed by atoms with Gasteiger partial charge in [-0.2, -0.15) is 39.5 Å². The third-order valence-electron chi connectivity index (χ3n) is 5.82. The molecule has 1 unspecified atom stereocenters. The number of pyridine rings is 2. The number of ether oxygens (including phenoxy) is 3. The second-order valence-electron chi connectivity index (χ2n) is 9.10. The lowest BCUT2D eigenvalue weighted by molar-refractivity contribution is -0.193. The molecule has 2 aromatic rings. The first kappa shape index (κ1) is 39.6. The highest BCUT2D eigenvalue weighted by Gasteiger charge is 2.53. The molecule has 0 saturated carbocycles. The Hall–Kier alpha value is -4.40. The summed E-state index contributed by atoms with van der Waals surface area (Å²) in [4.78, 5) is 37.6. The summed E-state index contributed by atoms with van der Waals surface area (Å²) in [6.07, 6.45) is -10.7. The molecule has 258 valence electrons. The van der Waals surface area contributed by atoms with Gasteiger partial charge in [0, 0.05) is 56.2 Å². The van der Waals surface area contributed by atoms with E-state index in [0.717, 1.165) is 38.2 Å². The molecule has 2 aliphatic rings. The van der Waals surface area contributed by atoms with Crippen LogP contribution in [0.4, 0.5) is 39.5 Å². The number of rotatable bonds is 6. The van der Waals surface area contributed by atoms with E-state index < -0.39 is 36.4 Å². The molecule has 0 aliphatic carbocycles. The van der Waals surface area contributed by atoms with Gasteiger partial charge in [-0.3, -0.25) is 4.90 Å².